The van der Waals surface area contributed by atoms with Crippen LogP contribution in [0.4, 0.5) is 10.3 Å². The molecule has 6 heteroatoms. The minimum atomic E-state index is -0.798. The molecule has 1 aromatic heterocycles. The van der Waals surface area contributed by atoms with E-state index in [4.69, 9.17) is 5.11 Å². The Morgan fingerprint density at radius 2 is 2.12 bits per heavy atom. The van der Waals surface area contributed by atoms with E-state index < -0.39 is 17.2 Å². The van der Waals surface area contributed by atoms with Crippen molar-refractivity contribution in [2.45, 2.75) is 19.3 Å². The lowest BCUT2D eigenvalue weighted by Crippen LogP contribution is -2.43. The summed E-state index contributed by atoms with van der Waals surface area (Å²) in [4.78, 5) is 18.5. The summed E-state index contributed by atoms with van der Waals surface area (Å²) in [5.74, 6) is -1.05. The van der Waals surface area contributed by atoms with Crippen molar-refractivity contribution >= 4 is 11.9 Å². The fraction of sp³-hybridized carbons (Fsp3) is 0.500. The third kappa shape index (κ3) is 1.95. The predicted octanol–water partition coefficient (Wildman–Crippen LogP) is 1.28. The van der Waals surface area contributed by atoms with Gasteiger partial charge in [0.25, 0.3) is 0 Å². The standard InChI is InChI=1S/C10H12FN3O2/c11-7-4-12-9(13-5-7)14-6-10(8(15)16)2-1-3-10/h4-5H,1-3,6H2,(H,15,16)(H,12,13,14). The van der Waals surface area contributed by atoms with Crippen LogP contribution in [0.15, 0.2) is 12.4 Å². The minimum Gasteiger partial charge on any atom is -0.481 e. The molecular formula is C10H12FN3O2. The van der Waals surface area contributed by atoms with E-state index in [1.807, 2.05) is 0 Å². The Kier molecular flexibility index (Phi) is 2.72. The van der Waals surface area contributed by atoms with Crippen LogP contribution in [0.5, 0.6) is 0 Å². The highest BCUT2D eigenvalue weighted by molar-refractivity contribution is 5.76. The highest BCUT2D eigenvalue weighted by Gasteiger charge is 2.44. The molecule has 2 rings (SSSR count). The molecule has 0 spiro atoms. The Labute approximate surface area is 91.7 Å². The van der Waals surface area contributed by atoms with Gasteiger partial charge in [0.05, 0.1) is 17.8 Å². The van der Waals surface area contributed by atoms with E-state index in [0.717, 1.165) is 18.8 Å². The maximum atomic E-state index is 12.5. The Morgan fingerprint density at radius 1 is 1.50 bits per heavy atom. The molecule has 16 heavy (non-hydrogen) atoms. The van der Waals surface area contributed by atoms with Gasteiger partial charge >= 0.3 is 5.97 Å². The maximum absolute atomic E-state index is 12.5. The number of hydrogen-bond acceptors (Lipinski definition) is 4. The first-order valence-corrected chi connectivity index (χ1v) is 5.07. The van der Waals surface area contributed by atoms with Crippen molar-refractivity contribution in [2.24, 2.45) is 5.41 Å². The lowest BCUT2D eigenvalue weighted by Gasteiger charge is -2.37. The summed E-state index contributed by atoms with van der Waals surface area (Å²) in [6, 6.07) is 0. The number of aliphatic carboxylic acids is 1. The molecule has 1 heterocycles. The summed E-state index contributed by atoms with van der Waals surface area (Å²) in [6.07, 6.45) is 4.35. The van der Waals surface area contributed by atoms with Crippen LogP contribution in [-0.4, -0.2) is 27.6 Å². The minimum absolute atomic E-state index is 0.258. The van der Waals surface area contributed by atoms with Crippen LogP contribution in [0.1, 0.15) is 19.3 Å². The summed E-state index contributed by atoms with van der Waals surface area (Å²) < 4.78 is 12.5. The van der Waals surface area contributed by atoms with Gasteiger partial charge in [-0.25, -0.2) is 14.4 Å². The number of carboxylic acids is 1. The van der Waals surface area contributed by atoms with Crippen molar-refractivity contribution in [1.29, 1.82) is 0 Å². The fourth-order valence-electron chi connectivity index (χ4n) is 1.72. The maximum Gasteiger partial charge on any atom is 0.311 e. The molecule has 2 N–H and O–H groups in total. The van der Waals surface area contributed by atoms with Gasteiger partial charge in [-0.1, -0.05) is 6.42 Å². The van der Waals surface area contributed by atoms with E-state index in [1.54, 1.807) is 0 Å². The summed E-state index contributed by atoms with van der Waals surface area (Å²) in [5.41, 5.74) is -0.697. The summed E-state index contributed by atoms with van der Waals surface area (Å²) >= 11 is 0. The zero-order valence-corrected chi connectivity index (χ0v) is 8.61. The van der Waals surface area contributed by atoms with Crippen molar-refractivity contribution in [3.63, 3.8) is 0 Å². The average molecular weight is 225 g/mol. The van der Waals surface area contributed by atoms with E-state index in [1.165, 1.54) is 0 Å². The zero-order valence-electron chi connectivity index (χ0n) is 8.61. The van der Waals surface area contributed by atoms with Crippen LogP contribution in [0.2, 0.25) is 0 Å². The molecule has 0 aromatic carbocycles. The number of hydrogen-bond donors (Lipinski definition) is 2. The Morgan fingerprint density at radius 3 is 2.56 bits per heavy atom. The molecule has 86 valence electrons. The number of halogens is 1. The van der Waals surface area contributed by atoms with Gasteiger partial charge in [-0.2, -0.15) is 0 Å². The molecular weight excluding hydrogens is 213 g/mol. The molecule has 0 atom stereocenters. The van der Waals surface area contributed by atoms with Gasteiger partial charge in [-0.15, -0.1) is 0 Å². The van der Waals surface area contributed by atoms with E-state index >= 15 is 0 Å². The molecule has 5 nitrogen and oxygen atoms in total. The molecule has 0 radical (unpaired) electrons. The van der Waals surface area contributed by atoms with Crippen LogP contribution >= 0.6 is 0 Å². The number of nitrogens with zero attached hydrogens (tertiary/aromatic N) is 2. The van der Waals surface area contributed by atoms with Crippen molar-refractivity contribution < 1.29 is 14.3 Å². The van der Waals surface area contributed by atoms with Gasteiger partial charge < -0.3 is 10.4 Å². The predicted molar refractivity (Wildman–Crippen MR) is 54.4 cm³/mol. The van der Waals surface area contributed by atoms with Crippen molar-refractivity contribution in [2.75, 3.05) is 11.9 Å². The Hall–Kier alpha value is -1.72. The molecule has 0 bridgehead atoms. The van der Waals surface area contributed by atoms with Crippen molar-refractivity contribution in [1.82, 2.24) is 9.97 Å². The van der Waals surface area contributed by atoms with Crippen LogP contribution in [0.25, 0.3) is 0 Å². The second-order valence-corrected chi connectivity index (χ2v) is 4.02. The molecule has 1 fully saturated rings. The van der Waals surface area contributed by atoms with Gasteiger partial charge in [-0.05, 0) is 12.8 Å². The third-order valence-corrected chi connectivity index (χ3v) is 2.97. The van der Waals surface area contributed by atoms with Crippen LogP contribution in [0.3, 0.4) is 0 Å². The van der Waals surface area contributed by atoms with Crippen molar-refractivity contribution in [3.05, 3.63) is 18.2 Å². The largest absolute Gasteiger partial charge is 0.481 e. The summed E-state index contributed by atoms with van der Waals surface area (Å²) in [5, 5.41) is 11.9. The average Bonchev–Trinajstić information content (AvgIpc) is 2.18. The van der Waals surface area contributed by atoms with Crippen LogP contribution < -0.4 is 5.32 Å². The number of carbonyl (C=O) groups is 1. The lowest BCUT2D eigenvalue weighted by atomic mass is 9.69. The molecule has 0 saturated heterocycles. The second-order valence-electron chi connectivity index (χ2n) is 4.02. The van der Waals surface area contributed by atoms with E-state index in [-0.39, 0.29) is 12.5 Å². The molecule has 1 aliphatic rings. The smallest absolute Gasteiger partial charge is 0.311 e. The monoisotopic (exact) mass is 225 g/mol. The second kappa shape index (κ2) is 4.03. The fourth-order valence-corrected chi connectivity index (χ4v) is 1.72. The molecule has 0 unspecified atom stereocenters. The number of carboxylic acid groups (broad SMARTS) is 1. The number of anilines is 1. The molecule has 1 aliphatic carbocycles. The summed E-state index contributed by atoms with van der Waals surface area (Å²) in [6.45, 7) is 0.286. The Bertz CT molecular complexity index is 390. The van der Waals surface area contributed by atoms with Gasteiger partial charge in [0.15, 0.2) is 5.82 Å². The third-order valence-electron chi connectivity index (χ3n) is 2.97. The lowest BCUT2D eigenvalue weighted by molar-refractivity contribution is -0.153. The van der Waals surface area contributed by atoms with Gasteiger partial charge in [0.1, 0.15) is 0 Å². The molecule has 0 amide bonds. The number of aromatic nitrogens is 2. The molecule has 1 aromatic rings. The van der Waals surface area contributed by atoms with Crippen molar-refractivity contribution in [3.8, 4) is 0 Å². The van der Waals surface area contributed by atoms with E-state index in [9.17, 15) is 9.18 Å². The topological polar surface area (TPSA) is 75.1 Å². The highest BCUT2D eigenvalue weighted by atomic mass is 19.1. The van der Waals surface area contributed by atoms with Gasteiger partial charge in [0, 0.05) is 6.54 Å². The highest BCUT2D eigenvalue weighted by Crippen LogP contribution is 2.40. The first kappa shape index (κ1) is 10.8. The molecule has 0 aliphatic heterocycles. The first-order chi connectivity index (χ1) is 7.62. The van der Waals surface area contributed by atoms with Crippen LogP contribution in [0, 0.1) is 11.2 Å². The Balaban J connectivity index is 1.96. The summed E-state index contributed by atoms with van der Waals surface area (Å²) in [7, 11) is 0. The molecule has 1 saturated carbocycles. The first-order valence-electron chi connectivity index (χ1n) is 5.07. The van der Waals surface area contributed by atoms with E-state index in [2.05, 4.69) is 15.3 Å². The zero-order chi connectivity index (χ0) is 11.6. The quantitative estimate of drug-likeness (QED) is 0.807. The van der Waals surface area contributed by atoms with Crippen LogP contribution in [-0.2, 0) is 4.79 Å². The SMILES string of the molecule is O=C(O)C1(CNc2ncc(F)cn2)CCC1. The van der Waals surface area contributed by atoms with E-state index in [0.29, 0.717) is 12.8 Å². The van der Waals surface area contributed by atoms with Gasteiger partial charge in [-0.3, -0.25) is 4.79 Å². The van der Waals surface area contributed by atoms with Gasteiger partial charge in [0.2, 0.25) is 5.95 Å². The number of rotatable bonds is 4. The number of nitrogens with one attached hydrogen (secondary N) is 1. The normalized spacial score (nSPS) is 17.6.